The van der Waals surface area contributed by atoms with Crippen LogP contribution in [-0.4, -0.2) is 28.6 Å². The van der Waals surface area contributed by atoms with Gasteiger partial charge < -0.3 is 14.9 Å². The van der Waals surface area contributed by atoms with Gasteiger partial charge in [-0.3, -0.25) is 0 Å². The molecule has 0 spiro atoms. The van der Waals surface area contributed by atoms with Crippen molar-refractivity contribution in [3.05, 3.63) is 23.8 Å². The van der Waals surface area contributed by atoms with Crippen LogP contribution in [0.5, 0.6) is 0 Å². The lowest BCUT2D eigenvalue weighted by Gasteiger charge is -2.58. The van der Waals surface area contributed by atoms with E-state index in [4.69, 9.17) is 4.74 Å². The largest absolute Gasteiger partial charge is 0.429 e. The molecular formula is C20H30O4. The van der Waals surface area contributed by atoms with Gasteiger partial charge in [-0.25, -0.2) is 4.79 Å². The van der Waals surface area contributed by atoms with Crippen molar-refractivity contribution in [2.75, 3.05) is 0 Å². The summed E-state index contributed by atoms with van der Waals surface area (Å²) in [5, 5.41) is 20.1. The first-order chi connectivity index (χ1) is 11.1. The summed E-state index contributed by atoms with van der Waals surface area (Å²) in [6.07, 6.45) is 5.42. The second kappa shape index (κ2) is 5.99. The van der Waals surface area contributed by atoms with Crippen LogP contribution in [0.1, 0.15) is 59.3 Å². The quantitative estimate of drug-likeness (QED) is 0.614. The zero-order valence-corrected chi connectivity index (χ0v) is 15.0. The molecule has 0 aromatic carbocycles. The summed E-state index contributed by atoms with van der Waals surface area (Å²) in [5.74, 6) is 0.191. The molecule has 0 saturated heterocycles. The van der Waals surface area contributed by atoms with Gasteiger partial charge in [-0.1, -0.05) is 39.3 Å². The van der Waals surface area contributed by atoms with Gasteiger partial charge in [0.25, 0.3) is 0 Å². The van der Waals surface area contributed by atoms with E-state index in [0.717, 1.165) is 12.8 Å². The number of carbonyl (C=O) groups excluding carboxylic acids is 1. The molecule has 0 amide bonds. The van der Waals surface area contributed by atoms with Gasteiger partial charge in [0.1, 0.15) is 0 Å². The molecule has 134 valence electrons. The Labute approximate surface area is 144 Å². The molecule has 0 bridgehead atoms. The standard InChI is InChI=1S/C20H30O4/c1-12-6-7-16-19(2,3)8-5-9-20(16,4)14(12)11-15(21)13-10-17(22)24-18(13)23/h10,14-17,21-22H,1,5-9,11H2,2-4H3/t14?,15-,16?,17?,20-/m1/s1. The SMILES string of the molecule is C=C1CCC2C(C)(C)CCC[C@]2(C)C1C[C@@H](O)C1=CC(O)OC1=O. The fraction of sp³-hybridized carbons (Fsp3) is 0.750. The average Bonchev–Trinajstić information content (AvgIpc) is 2.80. The summed E-state index contributed by atoms with van der Waals surface area (Å²) in [6.45, 7) is 11.4. The third kappa shape index (κ3) is 2.84. The van der Waals surface area contributed by atoms with Crippen LogP contribution >= 0.6 is 0 Å². The number of hydrogen-bond donors (Lipinski definition) is 2. The summed E-state index contributed by atoms with van der Waals surface area (Å²) in [5.41, 5.74) is 1.80. The van der Waals surface area contributed by atoms with Crippen LogP contribution in [-0.2, 0) is 9.53 Å². The van der Waals surface area contributed by atoms with Crippen molar-refractivity contribution in [3.63, 3.8) is 0 Å². The number of cyclic esters (lactones) is 1. The number of allylic oxidation sites excluding steroid dienone is 1. The Kier molecular flexibility index (Phi) is 4.42. The van der Waals surface area contributed by atoms with Crippen molar-refractivity contribution < 1.29 is 19.7 Å². The molecule has 2 saturated carbocycles. The summed E-state index contributed by atoms with van der Waals surface area (Å²) >= 11 is 0. The molecule has 4 nitrogen and oxygen atoms in total. The van der Waals surface area contributed by atoms with Crippen molar-refractivity contribution in [2.45, 2.75) is 71.7 Å². The summed E-state index contributed by atoms with van der Waals surface area (Å²) < 4.78 is 4.72. The Morgan fingerprint density at radius 1 is 1.38 bits per heavy atom. The highest BCUT2D eigenvalue weighted by Gasteiger charge is 2.53. The topological polar surface area (TPSA) is 66.8 Å². The summed E-state index contributed by atoms with van der Waals surface area (Å²) in [7, 11) is 0. The normalized spacial score (nSPS) is 39.9. The third-order valence-corrected chi connectivity index (χ3v) is 6.92. The van der Waals surface area contributed by atoms with E-state index >= 15 is 0 Å². The number of ether oxygens (including phenoxy) is 1. The first kappa shape index (κ1) is 17.7. The lowest BCUT2D eigenvalue weighted by Crippen LogP contribution is -2.50. The van der Waals surface area contributed by atoms with E-state index in [1.807, 2.05) is 0 Å². The lowest BCUT2D eigenvalue weighted by atomic mass is 9.47. The monoisotopic (exact) mass is 334 g/mol. The highest BCUT2D eigenvalue weighted by Crippen LogP contribution is 2.61. The Morgan fingerprint density at radius 2 is 2.08 bits per heavy atom. The van der Waals surface area contributed by atoms with E-state index in [1.54, 1.807) is 0 Å². The fourth-order valence-electron chi connectivity index (χ4n) is 5.74. The maximum atomic E-state index is 11.8. The van der Waals surface area contributed by atoms with Crippen LogP contribution in [0.15, 0.2) is 23.8 Å². The number of aliphatic hydroxyl groups is 2. The van der Waals surface area contributed by atoms with Crippen LogP contribution in [0.4, 0.5) is 0 Å². The van der Waals surface area contributed by atoms with Crippen LogP contribution in [0.3, 0.4) is 0 Å². The van der Waals surface area contributed by atoms with Crippen LogP contribution < -0.4 is 0 Å². The van der Waals surface area contributed by atoms with Crippen molar-refractivity contribution in [3.8, 4) is 0 Å². The highest BCUT2D eigenvalue weighted by molar-refractivity contribution is 5.91. The minimum atomic E-state index is -1.23. The van der Waals surface area contributed by atoms with E-state index in [0.29, 0.717) is 17.8 Å². The van der Waals surface area contributed by atoms with E-state index in [1.165, 1.54) is 30.9 Å². The molecule has 1 aliphatic heterocycles. The minimum absolute atomic E-state index is 0.111. The molecule has 24 heavy (non-hydrogen) atoms. The van der Waals surface area contributed by atoms with Gasteiger partial charge in [0.2, 0.25) is 6.29 Å². The van der Waals surface area contributed by atoms with Gasteiger partial charge in [-0.05, 0) is 60.8 Å². The van der Waals surface area contributed by atoms with E-state index in [-0.39, 0.29) is 16.9 Å². The summed E-state index contributed by atoms with van der Waals surface area (Å²) in [4.78, 5) is 11.8. The van der Waals surface area contributed by atoms with Gasteiger partial charge in [0.05, 0.1) is 11.7 Å². The minimum Gasteiger partial charge on any atom is -0.429 e. The number of fused-ring (bicyclic) bond motifs is 1. The van der Waals surface area contributed by atoms with Crippen molar-refractivity contribution in [1.82, 2.24) is 0 Å². The predicted molar refractivity (Wildman–Crippen MR) is 91.9 cm³/mol. The zero-order chi connectivity index (χ0) is 17.7. The number of aliphatic hydroxyl groups excluding tert-OH is 2. The van der Waals surface area contributed by atoms with Crippen LogP contribution in [0, 0.1) is 22.7 Å². The first-order valence-corrected chi connectivity index (χ1v) is 9.11. The highest BCUT2D eigenvalue weighted by atomic mass is 16.6. The summed E-state index contributed by atoms with van der Waals surface area (Å²) in [6, 6.07) is 0. The second-order valence-corrected chi connectivity index (χ2v) is 8.82. The van der Waals surface area contributed by atoms with Crippen molar-refractivity contribution in [2.24, 2.45) is 22.7 Å². The number of hydrogen-bond acceptors (Lipinski definition) is 4. The third-order valence-electron chi connectivity index (χ3n) is 6.92. The molecule has 4 heteroatoms. The van der Waals surface area contributed by atoms with Gasteiger partial charge in [-0.2, -0.15) is 0 Å². The van der Waals surface area contributed by atoms with Gasteiger partial charge >= 0.3 is 5.97 Å². The number of carbonyl (C=O) groups is 1. The van der Waals surface area contributed by atoms with Crippen LogP contribution in [0.2, 0.25) is 0 Å². The second-order valence-electron chi connectivity index (χ2n) is 8.82. The molecule has 3 aliphatic rings. The average molecular weight is 334 g/mol. The van der Waals surface area contributed by atoms with Gasteiger partial charge in [-0.15, -0.1) is 0 Å². The molecule has 0 aromatic heterocycles. The number of rotatable bonds is 3. The molecule has 2 N–H and O–H groups in total. The van der Waals surface area contributed by atoms with E-state index in [9.17, 15) is 15.0 Å². The Hall–Kier alpha value is -1.13. The molecular weight excluding hydrogens is 304 g/mol. The molecule has 1 heterocycles. The molecule has 2 aliphatic carbocycles. The Balaban J connectivity index is 1.84. The molecule has 3 unspecified atom stereocenters. The molecule has 5 atom stereocenters. The smallest absolute Gasteiger partial charge is 0.339 e. The van der Waals surface area contributed by atoms with Gasteiger partial charge in [0.15, 0.2) is 0 Å². The Morgan fingerprint density at radius 3 is 2.71 bits per heavy atom. The zero-order valence-electron chi connectivity index (χ0n) is 15.0. The molecule has 0 radical (unpaired) electrons. The first-order valence-electron chi connectivity index (χ1n) is 9.11. The van der Waals surface area contributed by atoms with E-state index in [2.05, 4.69) is 27.4 Å². The van der Waals surface area contributed by atoms with Crippen LogP contribution in [0.25, 0.3) is 0 Å². The molecule has 2 fully saturated rings. The Bertz CT molecular complexity index is 576. The maximum Gasteiger partial charge on any atom is 0.339 e. The van der Waals surface area contributed by atoms with E-state index < -0.39 is 18.4 Å². The fourth-order valence-corrected chi connectivity index (χ4v) is 5.74. The maximum absolute atomic E-state index is 11.8. The molecule has 3 rings (SSSR count). The lowest BCUT2D eigenvalue weighted by molar-refractivity contribution is -0.152. The molecule has 0 aromatic rings. The van der Waals surface area contributed by atoms with Crippen molar-refractivity contribution in [1.29, 1.82) is 0 Å². The van der Waals surface area contributed by atoms with Gasteiger partial charge in [0, 0.05) is 0 Å². The predicted octanol–water partition coefficient (Wildman–Crippen LogP) is 3.34. The number of esters is 1. The van der Waals surface area contributed by atoms with Crippen molar-refractivity contribution >= 4 is 5.97 Å².